The zero-order valence-electron chi connectivity index (χ0n) is 11.8. The highest BCUT2D eigenvalue weighted by Crippen LogP contribution is 2.32. The van der Waals surface area contributed by atoms with Crippen LogP contribution in [-0.2, 0) is 10.0 Å². The van der Waals surface area contributed by atoms with E-state index in [1.165, 1.54) is 10.4 Å². The van der Waals surface area contributed by atoms with Crippen LogP contribution in [0.25, 0.3) is 0 Å². The molecule has 6 nitrogen and oxygen atoms in total. The van der Waals surface area contributed by atoms with Crippen LogP contribution in [-0.4, -0.2) is 30.2 Å². The molecule has 0 aliphatic carbocycles. The molecule has 0 unspecified atom stereocenters. The van der Waals surface area contributed by atoms with Crippen molar-refractivity contribution in [1.29, 1.82) is 0 Å². The molecule has 0 radical (unpaired) electrons. The first-order valence-electron chi connectivity index (χ1n) is 6.09. The molecule has 0 saturated carbocycles. The van der Waals surface area contributed by atoms with Crippen molar-refractivity contribution in [3.63, 3.8) is 0 Å². The molecule has 0 atom stereocenters. The van der Waals surface area contributed by atoms with Crippen molar-refractivity contribution >= 4 is 27.3 Å². The van der Waals surface area contributed by atoms with Crippen molar-refractivity contribution in [1.82, 2.24) is 4.31 Å². The summed E-state index contributed by atoms with van der Waals surface area (Å²) in [6.45, 7) is 7.07. The van der Waals surface area contributed by atoms with E-state index in [4.69, 9.17) is 11.6 Å². The normalized spacial score (nSPS) is 12.2. The maximum Gasteiger partial charge on any atom is 0.289 e. The molecule has 0 amide bonds. The molecule has 0 saturated heterocycles. The van der Waals surface area contributed by atoms with Gasteiger partial charge in [-0.15, -0.1) is 0 Å². The first kappa shape index (κ1) is 16.9. The number of hydrogen-bond acceptors (Lipinski definition) is 4. The summed E-state index contributed by atoms with van der Waals surface area (Å²) in [5.74, 6) is 0. The van der Waals surface area contributed by atoms with E-state index in [1.807, 2.05) is 0 Å². The van der Waals surface area contributed by atoms with Gasteiger partial charge in [0.25, 0.3) is 5.69 Å². The van der Waals surface area contributed by atoms with Crippen molar-refractivity contribution in [2.45, 2.75) is 38.6 Å². The minimum Gasteiger partial charge on any atom is -0.258 e. The van der Waals surface area contributed by atoms with Gasteiger partial charge in [0.15, 0.2) is 0 Å². The predicted octanol–water partition coefficient (Wildman–Crippen LogP) is 2.98. The summed E-state index contributed by atoms with van der Waals surface area (Å²) in [4.78, 5) is 10.1. The van der Waals surface area contributed by atoms with Gasteiger partial charge in [0.2, 0.25) is 10.0 Å². The van der Waals surface area contributed by atoms with Crippen LogP contribution in [0.15, 0.2) is 17.0 Å². The summed E-state index contributed by atoms with van der Waals surface area (Å²) in [5.41, 5.74) is -0.0182. The summed E-state index contributed by atoms with van der Waals surface area (Å²) in [6, 6.07) is 2.10. The van der Waals surface area contributed by atoms with Gasteiger partial charge in [0, 0.05) is 18.7 Å². The van der Waals surface area contributed by atoms with Crippen LogP contribution in [0.1, 0.15) is 26.3 Å². The van der Waals surface area contributed by atoms with Gasteiger partial charge in [0.05, 0.1) is 9.82 Å². The fourth-order valence-electron chi connectivity index (χ4n) is 2.00. The van der Waals surface area contributed by atoms with Crippen molar-refractivity contribution in [3.05, 3.63) is 32.8 Å². The van der Waals surface area contributed by atoms with Gasteiger partial charge >= 0.3 is 0 Å². The molecule has 1 rings (SSSR count). The topological polar surface area (TPSA) is 80.5 Å². The predicted molar refractivity (Wildman–Crippen MR) is 77.5 cm³/mol. The molecule has 112 valence electrons. The molecule has 0 fully saturated rings. The Kier molecular flexibility index (Phi) is 5.12. The van der Waals surface area contributed by atoms with Gasteiger partial charge in [-0.2, -0.15) is 4.31 Å². The van der Waals surface area contributed by atoms with E-state index in [9.17, 15) is 18.5 Å². The van der Waals surface area contributed by atoms with Crippen LogP contribution < -0.4 is 0 Å². The van der Waals surface area contributed by atoms with E-state index in [0.29, 0.717) is 5.56 Å². The number of sulfonamides is 1. The number of nitrogens with zero attached hydrogens (tertiary/aromatic N) is 2. The van der Waals surface area contributed by atoms with Gasteiger partial charge in [0.1, 0.15) is 5.02 Å². The van der Waals surface area contributed by atoms with Crippen LogP contribution in [0.3, 0.4) is 0 Å². The van der Waals surface area contributed by atoms with Crippen molar-refractivity contribution in [2.24, 2.45) is 0 Å². The molecular weight excluding hydrogens is 304 g/mol. The Morgan fingerprint density at radius 3 is 2.35 bits per heavy atom. The van der Waals surface area contributed by atoms with E-state index in [-0.39, 0.29) is 22.5 Å². The standard InChI is InChI=1S/C12H17ClN2O4S/c1-5-14(8(2)3)20(18,19)12-7-11(15(16)17)10(13)6-9(12)4/h6-8H,5H2,1-4H3. The summed E-state index contributed by atoms with van der Waals surface area (Å²) in [7, 11) is -3.78. The average Bonchev–Trinajstić information content (AvgIpc) is 2.27. The second kappa shape index (κ2) is 6.07. The zero-order valence-corrected chi connectivity index (χ0v) is 13.3. The number of halogens is 1. The molecule has 0 aliphatic heterocycles. The highest BCUT2D eigenvalue weighted by molar-refractivity contribution is 7.89. The highest BCUT2D eigenvalue weighted by atomic mass is 35.5. The molecule has 0 N–H and O–H groups in total. The van der Waals surface area contributed by atoms with Gasteiger partial charge in [-0.05, 0) is 32.4 Å². The van der Waals surface area contributed by atoms with Crippen LogP contribution in [0.4, 0.5) is 5.69 Å². The van der Waals surface area contributed by atoms with Gasteiger partial charge in [-0.1, -0.05) is 18.5 Å². The maximum absolute atomic E-state index is 12.6. The number of hydrogen-bond donors (Lipinski definition) is 0. The number of aryl methyl sites for hydroxylation is 1. The monoisotopic (exact) mass is 320 g/mol. The Balaban J connectivity index is 3.53. The Morgan fingerprint density at radius 1 is 1.40 bits per heavy atom. The molecule has 0 heterocycles. The second-order valence-corrected chi connectivity index (χ2v) is 6.89. The second-order valence-electron chi connectivity index (χ2n) is 4.63. The van der Waals surface area contributed by atoms with Gasteiger partial charge < -0.3 is 0 Å². The number of benzene rings is 1. The Labute approximate surface area is 123 Å². The van der Waals surface area contributed by atoms with Crippen molar-refractivity contribution < 1.29 is 13.3 Å². The maximum atomic E-state index is 12.6. The van der Waals surface area contributed by atoms with Crippen LogP contribution in [0, 0.1) is 17.0 Å². The lowest BCUT2D eigenvalue weighted by Crippen LogP contribution is -2.37. The van der Waals surface area contributed by atoms with E-state index < -0.39 is 20.6 Å². The van der Waals surface area contributed by atoms with Crippen molar-refractivity contribution in [2.75, 3.05) is 6.54 Å². The molecule has 0 aliphatic rings. The minimum atomic E-state index is -3.78. The average molecular weight is 321 g/mol. The van der Waals surface area contributed by atoms with E-state index in [2.05, 4.69) is 0 Å². The van der Waals surface area contributed by atoms with Gasteiger partial charge in [-0.25, -0.2) is 8.42 Å². The molecule has 1 aromatic rings. The smallest absolute Gasteiger partial charge is 0.258 e. The fraction of sp³-hybridized carbons (Fsp3) is 0.500. The third kappa shape index (κ3) is 3.11. The summed E-state index contributed by atoms with van der Waals surface area (Å²) >= 11 is 5.77. The number of nitro groups is 1. The minimum absolute atomic E-state index is 0.0703. The largest absolute Gasteiger partial charge is 0.289 e. The molecule has 8 heteroatoms. The first-order valence-corrected chi connectivity index (χ1v) is 7.91. The molecule has 0 aromatic heterocycles. The fourth-order valence-corrected chi connectivity index (χ4v) is 4.16. The zero-order chi connectivity index (χ0) is 15.7. The van der Waals surface area contributed by atoms with E-state index in [0.717, 1.165) is 6.07 Å². The van der Waals surface area contributed by atoms with Gasteiger partial charge in [-0.3, -0.25) is 10.1 Å². The van der Waals surface area contributed by atoms with E-state index in [1.54, 1.807) is 27.7 Å². The summed E-state index contributed by atoms with van der Waals surface area (Å²) in [5, 5.41) is 10.8. The van der Waals surface area contributed by atoms with Crippen molar-refractivity contribution in [3.8, 4) is 0 Å². The van der Waals surface area contributed by atoms with Crippen LogP contribution in [0.2, 0.25) is 5.02 Å². The third-order valence-corrected chi connectivity index (χ3v) is 5.51. The molecule has 20 heavy (non-hydrogen) atoms. The number of rotatable bonds is 5. The first-order chi connectivity index (χ1) is 9.12. The quantitative estimate of drug-likeness (QED) is 0.617. The summed E-state index contributed by atoms with van der Waals surface area (Å²) in [6.07, 6.45) is 0. The Morgan fingerprint density at radius 2 is 1.95 bits per heavy atom. The lowest BCUT2D eigenvalue weighted by Gasteiger charge is -2.25. The third-order valence-electron chi connectivity index (χ3n) is 2.92. The van der Waals surface area contributed by atoms with Crippen LogP contribution >= 0.6 is 11.6 Å². The molecule has 1 aromatic carbocycles. The Hall–Kier alpha value is -1.18. The van der Waals surface area contributed by atoms with Crippen LogP contribution in [0.5, 0.6) is 0 Å². The van der Waals surface area contributed by atoms with E-state index >= 15 is 0 Å². The Bertz CT molecular complexity index is 629. The summed E-state index contributed by atoms with van der Waals surface area (Å²) < 4.78 is 26.4. The molecule has 0 spiro atoms. The number of nitro benzene ring substituents is 1. The highest BCUT2D eigenvalue weighted by Gasteiger charge is 2.29. The lowest BCUT2D eigenvalue weighted by atomic mass is 10.2. The SMILES string of the molecule is CCN(C(C)C)S(=O)(=O)c1cc([N+](=O)[O-])c(Cl)cc1C. The molecule has 0 bridgehead atoms. The lowest BCUT2D eigenvalue weighted by molar-refractivity contribution is -0.384. The molecular formula is C12H17ClN2O4S.